The van der Waals surface area contributed by atoms with Crippen LogP contribution in [0.1, 0.15) is 19.8 Å². The maximum absolute atomic E-state index is 12.7. The molecule has 96 valence electrons. The van der Waals surface area contributed by atoms with Crippen LogP contribution in [0.4, 0.5) is 4.39 Å². The highest BCUT2D eigenvalue weighted by atomic mass is 79.9. The van der Waals surface area contributed by atoms with Crippen molar-refractivity contribution in [2.24, 2.45) is 0 Å². The van der Waals surface area contributed by atoms with Gasteiger partial charge in [-0.05, 0) is 30.7 Å². The third kappa shape index (κ3) is 4.73. The lowest BCUT2D eigenvalue weighted by Gasteiger charge is -2.10. The molecular weight excluding hydrogens is 309 g/mol. The van der Waals surface area contributed by atoms with E-state index in [1.807, 2.05) is 6.92 Å². The first-order valence-corrected chi connectivity index (χ1v) is 7.75. The summed E-state index contributed by atoms with van der Waals surface area (Å²) in [5.41, 5.74) is 0. The molecule has 0 bridgehead atoms. The minimum Gasteiger partial charge on any atom is -0.210 e. The number of hydrogen-bond donors (Lipinski definition) is 1. The lowest BCUT2D eigenvalue weighted by molar-refractivity contribution is 0.577. The van der Waals surface area contributed by atoms with Gasteiger partial charge in [-0.15, -0.1) is 0 Å². The van der Waals surface area contributed by atoms with Gasteiger partial charge in [0.25, 0.3) is 0 Å². The number of alkyl halides is 1. The maximum Gasteiger partial charge on any atom is 0.240 e. The Kier molecular flexibility index (Phi) is 5.55. The molecule has 3 nitrogen and oxygen atoms in total. The Morgan fingerprint density at radius 3 is 2.47 bits per heavy atom. The van der Waals surface area contributed by atoms with Crippen LogP contribution in [0, 0.1) is 5.82 Å². The van der Waals surface area contributed by atoms with Gasteiger partial charge in [-0.2, -0.15) is 0 Å². The second-order valence-electron chi connectivity index (χ2n) is 3.69. The van der Waals surface area contributed by atoms with Gasteiger partial charge in [0, 0.05) is 11.4 Å². The fourth-order valence-corrected chi connectivity index (χ4v) is 3.23. The van der Waals surface area contributed by atoms with Gasteiger partial charge in [-0.25, -0.2) is 17.5 Å². The molecule has 1 atom stereocenters. The van der Waals surface area contributed by atoms with Crippen molar-refractivity contribution in [3.63, 3.8) is 0 Å². The van der Waals surface area contributed by atoms with Crippen LogP contribution in [0.5, 0.6) is 0 Å². The van der Waals surface area contributed by atoms with Gasteiger partial charge in [-0.3, -0.25) is 0 Å². The highest BCUT2D eigenvalue weighted by Gasteiger charge is 2.15. The van der Waals surface area contributed by atoms with E-state index in [1.54, 1.807) is 0 Å². The molecule has 6 heteroatoms. The fraction of sp³-hybridized carbons (Fsp3) is 0.455. The van der Waals surface area contributed by atoms with Crippen LogP contribution in [0.3, 0.4) is 0 Å². The zero-order valence-corrected chi connectivity index (χ0v) is 11.9. The summed E-state index contributed by atoms with van der Waals surface area (Å²) in [6, 6.07) is 4.76. The first-order valence-electron chi connectivity index (χ1n) is 5.35. The first kappa shape index (κ1) is 14.6. The van der Waals surface area contributed by atoms with E-state index < -0.39 is 15.8 Å². The van der Waals surface area contributed by atoms with E-state index >= 15 is 0 Å². The van der Waals surface area contributed by atoms with Gasteiger partial charge >= 0.3 is 0 Å². The second kappa shape index (κ2) is 6.47. The zero-order chi connectivity index (χ0) is 12.9. The highest BCUT2D eigenvalue weighted by molar-refractivity contribution is 9.09. The van der Waals surface area contributed by atoms with E-state index in [0.717, 1.165) is 25.0 Å². The highest BCUT2D eigenvalue weighted by Crippen LogP contribution is 2.11. The maximum atomic E-state index is 12.7. The lowest BCUT2D eigenvalue weighted by atomic mass is 10.2. The van der Waals surface area contributed by atoms with E-state index in [4.69, 9.17) is 0 Å². The molecule has 0 fully saturated rings. The molecule has 1 unspecified atom stereocenters. The minimum absolute atomic E-state index is 0.0788. The number of sulfonamides is 1. The molecule has 0 heterocycles. The Bertz CT molecular complexity index is 447. The lowest BCUT2D eigenvalue weighted by Crippen LogP contribution is -2.29. The molecule has 0 aromatic heterocycles. The van der Waals surface area contributed by atoms with Gasteiger partial charge in [0.05, 0.1) is 4.90 Å². The Labute approximate surface area is 110 Å². The summed E-state index contributed by atoms with van der Waals surface area (Å²) in [6.45, 7) is 2.36. The summed E-state index contributed by atoms with van der Waals surface area (Å²) in [6.07, 6.45) is 1.88. The number of benzene rings is 1. The Hall–Kier alpha value is -0.460. The molecule has 0 aliphatic rings. The van der Waals surface area contributed by atoms with Crippen molar-refractivity contribution in [3.05, 3.63) is 30.1 Å². The third-order valence-electron chi connectivity index (χ3n) is 2.22. The largest absolute Gasteiger partial charge is 0.240 e. The molecule has 0 saturated heterocycles. The average molecular weight is 324 g/mol. The fourth-order valence-electron chi connectivity index (χ4n) is 1.31. The number of hydrogen-bond acceptors (Lipinski definition) is 2. The Morgan fingerprint density at radius 1 is 1.35 bits per heavy atom. The van der Waals surface area contributed by atoms with Gasteiger partial charge in [0.2, 0.25) is 10.0 Å². The van der Waals surface area contributed by atoms with Crippen molar-refractivity contribution >= 4 is 26.0 Å². The predicted molar refractivity (Wildman–Crippen MR) is 69.2 cm³/mol. The number of nitrogens with one attached hydrogen (secondary N) is 1. The quantitative estimate of drug-likeness (QED) is 0.818. The van der Waals surface area contributed by atoms with E-state index in [0.29, 0.717) is 6.54 Å². The molecule has 0 aliphatic carbocycles. The zero-order valence-electron chi connectivity index (χ0n) is 9.49. The number of rotatable bonds is 6. The van der Waals surface area contributed by atoms with Gasteiger partial charge in [0.1, 0.15) is 5.82 Å². The van der Waals surface area contributed by atoms with E-state index in [-0.39, 0.29) is 9.72 Å². The van der Waals surface area contributed by atoms with Crippen LogP contribution >= 0.6 is 15.9 Å². The van der Waals surface area contributed by atoms with E-state index in [9.17, 15) is 12.8 Å². The van der Waals surface area contributed by atoms with Crippen LogP contribution in [0.2, 0.25) is 0 Å². The molecule has 0 radical (unpaired) electrons. The SMILES string of the molecule is CCCC(Br)CNS(=O)(=O)c1ccc(F)cc1. The average Bonchev–Trinajstić information content (AvgIpc) is 2.28. The van der Waals surface area contributed by atoms with E-state index in [2.05, 4.69) is 20.7 Å². The molecule has 0 aliphatic heterocycles. The Balaban J connectivity index is 2.66. The second-order valence-corrected chi connectivity index (χ2v) is 6.75. The summed E-state index contributed by atoms with van der Waals surface area (Å²) in [5, 5.41) is 0. The molecule has 1 aromatic carbocycles. The van der Waals surface area contributed by atoms with Gasteiger partial charge < -0.3 is 0 Å². The van der Waals surface area contributed by atoms with Crippen molar-refractivity contribution in [2.45, 2.75) is 29.5 Å². The molecule has 0 saturated carbocycles. The molecule has 1 rings (SSSR count). The van der Waals surface area contributed by atoms with Crippen LogP contribution in [-0.4, -0.2) is 19.8 Å². The summed E-state index contributed by atoms with van der Waals surface area (Å²) >= 11 is 3.39. The summed E-state index contributed by atoms with van der Waals surface area (Å²) in [5.74, 6) is -0.451. The smallest absolute Gasteiger partial charge is 0.210 e. The molecule has 0 amide bonds. The molecule has 1 aromatic rings. The van der Waals surface area contributed by atoms with Crippen molar-refractivity contribution in [1.82, 2.24) is 4.72 Å². The Morgan fingerprint density at radius 2 is 1.94 bits per heavy atom. The van der Waals surface area contributed by atoms with Crippen LogP contribution in [-0.2, 0) is 10.0 Å². The summed E-state index contributed by atoms with van der Waals surface area (Å²) in [4.78, 5) is 0.192. The number of halogens is 2. The van der Waals surface area contributed by atoms with Gasteiger partial charge in [0.15, 0.2) is 0 Å². The van der Waals surface area contributed by atoms with E-state index in [1.165, 1.54) is 12.1 Å². The summed E-state index contributed by atoms with van der Waals surface area (Å²) in [7, 11) is -3.54. The first-order chi connectivity index (χ1) is 7.95. The molecule has 0 spiro atoms. The van der Waals surface area contributed by atoms with Crippen LogP contribution in [0.15, 0.2) is 29.2 Å². The van der Waals surface area contributed by atoms with Crippen molar-refractivity contribution in [3.8, 4) is 0 Å². The molecule has 17 heavy (non-hydrogen) atoms. The summed E-state index contributed by atoms with van der Waals surface area (Å²) < 4.78 is 38.7. The monoisotopic (exact) mass is 323 g/mol. The van der Waals surface area contributed by atoms with Crippen molar-refractivity contribution in [1.29, 1.82) is 0 Å². The van der Waals surface area contributed by atoms with Crippen molar-refractivity contribution < 1.29 is 12.8 Å². The minimum atomic E-state index is -3.54. The third-order valence-corrected chi connectivity index (χ3v) is 4.44. The van der Waals surface area contributed by atoms with Crippen LogP contribution < -0.4 is 4.72 Å². The molecule has 1 N–H and O–H groups in total. The van der Waals surface area contributed by atoms with Crippen LogP contribution in [0.25, 0.3) is 0 Å². The molecular formula is C11H15BrFNO2S. The standard InChI is InChI=1S/C11H15BrFNO2S/c1-2-3-9(12)8-14-17(15,16)11-6-4-10(13)5-7-11/h4-7,9,14H,2-3,8H2,1H3. The normalized spacial score (nSPS) is 13.6. The predicted octanol–water partition coefficient (Wildman–Crippen LogP) is 2.67. The van der Waals surface area contributed by atoms with Crippen molar-refractivity contribution in [2.75, 3.05) is 6.54 Å². The van der Waals surface area contributed by atoms with Gasteiger partial charge in [-0.1, -0.05) is 29.3 Å². The topological polar surface area (TPSA) is 46.2 Å².